The minimum atomic E-state index is -1.37. The molecule has 1 aromatic heterocycles. The van der Waals surface area contributed by atoms with Gasteiger partial charge in [-0.3, -0.25) is 4.98 Å². The summed E-state index contributed by atoms with van der Waals surface area (Å²) in [7, 11) is 0. The normalized spacial score (nSPS) is 10.2. The first-order valence-electron chi connectivity index (χ1n) is 4.82. The summed E-state index contributed by atoms with van der Waals surface area (Å²) in [5.41, 5.74) is 6.18. The standard InChI is InChI=1S/C12H9FN2O2/c13-9-5-8(7-1-3-15-4-2-7)6-10(14)11(9)12(16)17/h1-6H,14H2,(H,16,17). The number of nitrogens with two attached hydrogens (primary N) is 1. The summed E-state index contributed by atoms with van der Waals surface area (Å²) in [6.07, 6.45) is 3.13. The number of aromatic carboxylic acids is 1. The molecule has 2 aromatic rings. The highest BCUT2D eigenvalue weighted by molar-refractivity contribution is 5.95. The molecule has 4 nitrogen and oxygen atoms in total. The third-order valence-electron chi connectivity index (χ3n) is 2.35. The molecule has 1 heterocycles. The third-order valence-corrected chi connectivity index (χ3v) is 2.35. The second-order valence-electron chi connectivity index (χ2n) is 3.46. The average molecular weight is 232 g/mol. The van der Waals surface area contributed by atoms with E-state index in [0.29, 0.717) is 5.56 Å². The lowest BCUT2D eigenvalue weighted by atomic mass is 10.0. The number of rotatable bonds is 2. The quantitative estimate of drug-likeness (QED) is 0.778. The fourth-order valence-corrected chi connectivity index (χ4v) is 1.56. The van der Waals surface area contributed by atoms with E-state index in [1.807, 2.05) is 0 Å². The van der Waals surface area contributed by atoms with E-state index < -0.39 is 17.3 Å². The maximum Gasteiger partial charge on any atom is 0.340 e. The third kappa shape index (κ3) is 2.08. The molecule has 5 heteroatoms. The van der Waals surface area contributed by atoms with Crippen LogP contribution in [0.4, 0.5) is 10.1 Å². The number of hydrogen-bond acceptors (Lipinski definition) is 3. The Bertz CT molecular complexity index is 547. The molecule has 0 radical (unpaired) electrons. The van der Waals surface area contributed by atoms with Crippen molar-refractivity contribution < 1.29 is 14.3 Å². The molecule has 0 aliphatic carbocycles. The molecule has 0 spiro atoms. The van der Waals surface area contributed by atoms with Gasteiger partial charge in [0.1, 0.15) is 11.4 Å². The molecular formula is C12H9FN2O2. The highest BCUT2D eigenvalue weighted by Crippen LogP contribution is 2.26. The monoisotopic (exact) mass is 232 g/mol. The predicted octanol–water partition coefficient (Wildman–Crippen LogP) is 2.17. The number of nitrogen functional groups attached to an aromatic ring is 1. The molecule has 86 valence electrons. The van der Waals surface area contributed by atoms with E-state index in [0.717, 1.165) is 11.6 Å². The van der Waals surface area contributed by atoms with E-state index in [1.165, 1.54) is 6.07 Å². The molecule has 1 aromatic carbocycles. The van der Waals surface area contributed by atoms with Crippen molar-refractivity contribution in [1.82, 2.24) is 4.98 Å². The maximum atomic E-state index is 13.6. The number of halogens is 1. The van der Waals surface area contributed by atoms with Crippen molar-refractivity contribution in [3.63, 3.8) is 0 Å². The van der Waals surface area contributed by atoms with Crippen molar-refractivity contribution in [3.05, 3.63) is 48.0 Å². The molecular weight excluding hydrogens is 223 g/mol. The first-order valence-corrected chi connectivity index (χ1v) is 4.82. The fraction of sp³-hybridized carbons (Fsp3) is 0. The summed E-state index contributed by atoms with van der Waals surface area (Å²) < 4.78 is 13.6. The SMILES string of the molecule is Nc1cc(-c2ccncc2)cc(F)c1C(=O)O. The maximum absolute atomic E-state index is 13.6. The van der Waals surface area contributed by atoms with Gasteiger partial charge in [-0.2, -0.15) is 0 Å². The van der Waals surface area contributed by atoms with Crippen molar-refractivity contribution in [1.29, 1.82) is 0 Å². The minimum absolute atomic E-state index is 0.0932. The first kappa shape index (κ1) is 11.1. The zero-order valence-corrected chi connectivity index (χ0v) is 8.72. The largest absolute Gasteiger partial charge is 0.478 e. The summed E-state index contributed by atoms with van der Waals surface area (Å²) in [6, 6.07) is 5.96. The van der Waals surface area contributed by atoms with Crippen molar-refractivity contribution in [2.45, 2.75) is 0 Å². The van der Waals surface area contributed by atoms with Gasteiger partial charge >= 0.3 is 5.97 Å². The number of benzene rings is 1. The van der Waals surface area contributed by atoms with Gasteiger partial charge in [0, 0.05) is 18.1 Å². The number of carboxylic acids is 1. The molecule has 0 atom stereocenters. The Morgan fingerprint density at radius 2 is 1.88 bits per heavy atom. The van der Waals surface area contributed by atoms with E-state index in [9.17, 15) is 9.18 Å². The van der Waals surface area contributed by atoms with Crippen LogP contribution in [0.5, 0.6) is 0 Å². The van der Waals surface area contributed by atoms with Crippen LogP contribution in [0.15, 0.2) is 36.7 Å². The Labute approximate surface area is 96.5 Å². The van der Waals surface area contributed by atoms with Crippen LogP contribution < -0.4 is 5.73 Å². The van der Waals surface area contributed by atoms with Crippen molar-refractivity contribution in [2.75, 3.05) is 5.73 Å². The number of anilines is 1. The van der Waals surface area contributed by atoms with Gasteiger partial charge in [0.05, 0.1) is 0 Å². The van der Waals surface area contributed by atoms with Crippen LogP contribution in [0.1, 0.15) is 10.4 Å². The van der Waals surface area contributed by atoms with Crippen LogP contribution in [0.3, 0.4) is 0 Å². The van der Waals surface area contributed by atoms with E-state index in [2.05, 4.69) is 4.98 Å². The molecule has 0 fully saturated rings. The Morgan fingerprint density at radius 3 is 2.41 bits per heavy atom. The van der Waals surface area contributed by atoms with Gasteiger partial charge in [0.25, 0.3) is 0 Å². The molecule has 0 unspecified atom stereocenters. The number of pyridine rings is 1. The second-order valence-corrected chi connectivity index (χ2v) is 3.46. The highest BCUT2D eigenvalue weighted by Gasteiger charge is 2.15. The summed E-state index contributed by atoms with van der Waals surface area (Å²) in [6.45, 7) is 0. The molecule has 2 rings (SSSR count). The van der Waals surface area contributed by atoms with E-state index >= 15 is 0 Å². The van der Waals surface area contributed by atoms with Gasteiger partial charge in [-0.15, -0.1) is 0 Å². The van der Waals surface area contributed by atoms with Gasteiger partial charge in [-0.1, -0.05) is 0 Å². The number of carbonyl (C=O) groups is 1. The zero-order chi connectivity index (χ0) is 12.4. The van der Waals surface area contributed by atoms with Crippen molar-refractivity contribution in [2.24, 2.45) is 0 Å². The minimum Gasteiger partial charge on any atom is -0.478 e. The van der Waals surface area contributed by atoms with Gasteiger partial charge < -0.3 is 10.8 Å². The average Bonchev–Trinajstić information content (AvgIpc) is 2.28. The second kappa shape index (κ2) is 4.21. The molecule has 0 aliphatic heterocycles. The molecule has 17 heavy (non-hydrogen) atoms. The van der Waals surface area contributed by atoms with Crippen LogP contribution in [-0.4, -0.2) is 16.1 Å². The summed E-state index contributed by atoms with van der Waals surface area (Å²) >= 11 is 0. The number of aromatic nitrogens is 1. The fourth-order valence-electron chi connectivity index (χ4n) is 1.56. The topological polar surface area (TPSA) is 76.2 Å². The molecule has 0 saturated heterocycles. The summed E-state index contributed by atoms with van der Waals surface area (Å²) in [4.78, 5) is 14.6. The number of hydrogen-bond donors (Lipinski definition) is 2. The van der Waals surface area contributed by atoms with Crippen LogP contribution in [0.2, 0.25) is 0 Å². The molecule has 0 saturated carbocycles. The molecule has 0 bridgehead atoms. The number of nitrogens with zero attached hydrogens (tertiary/aromatic N) is 1. The Kier molecular flexibility index (Phi) is 2.74. The summed E-state index contributed by atoms with van der Waals surface area (Å²) in [5.74, 6) is -2.22. The van der Waals surface area contributed by atoms with Gasteiger partial charge in [0.15, 0.2) is 0 Å². The van der Waals surface area contributed by atoms with E-state index in [4.69, 9.17) is 10.8 Å². The molecule has 0 amide bonds. The van der Waals surface area contributed by atoms with E-state index in [1.54, 1.807) is 24.5 Å². The Hall–Kier alpha value is -2.43. The molecule has 0 aliphatic rings. The van der Waals surface area contributed by atoms with Crippen LogP contribution in [-0.2, 0) is 0 Å². The van der Waals surface area contributed by atoms with Crippen LogP contribution in [0.25, 0.3) is 11.1 Å². The van der Waals surface area contributed by atoms with Crippen molar-refractivity contribution >= 4 is 11.7 Å². The van der Waals surface area contributed by atoms with E-state index in [-0.39, 0.29) is 5.69 Å². The van der Waals surface area contributed by atoms with Crippen LogP contribution in [0, 0.1) is 5.82 Å². The predicted molar refractivity (Wildman–Crippen MR) is 61.0 cm³/mol. The first-order chi connectivity index (χ1) is 8.09. The lowest BCUT2D eigenvalue weighted by Gasteiger charge is -2.06. The Balaban J connectivity index is 2.57. The number of carboxylic acid groups (broad SMARTS) is 1. The smallest absolute Gasteiger partial charge is 0.340 e. The summed E-state index contributed by atoms with van der Waals surface area (Å²) in [5, 5.41) is 8.78. The highest BCUT2D eigenvalue weighted by atomic mass is 19.1. The van der Waals surface area contributed by atoms with Gasteiger partial charge in [0.2, 0.25) is 0 Å². The lowest BCUT2D eigenvalue weighted by molar-refractivity contribution is 0.0693. The Morgan fingerprint density at radius 1 is 1.24 bits per heavy atom. The zero-order valence-electron chi connectivity index (χ0n) is 8.72. The van der Waals surface area contributed by atoms with Crippen LogP contribution >= 0.6 is 0 Å². The molecule has 3 N–H and O–H groups in total. The lowest BCUT2D eigenvalue weighted by Crippen LogP contribution is -2.06. The van der Waals surface area contributed by atoms with Crippen molar-refractivity contribution in [3.8, 4) is 11.1 Å². The van der Waals surface area contributed by atoms with Gasteiger partial charge in [-0.25, -0.2) is 9.18 Å². The van der Waals surface area contributed by atoms with Gasteiger partial charge in [-0.05, 0) is 35.4 Å².